The third-order valence-corrected chi connectivity index (χ3v) is 3.29. The molecule has 22 heavy (non-hydrogen) atoms. The Morgan fingerprint density at radius 3 is 2.73 bits per heavy atom. The molecule has 0 bridgehead atoms. The minimum absolute atomic E-state index is 0.246. The number of benzene rings is 1. The predicted octanol–water partition coefficient (Wildman–Crippen LogP) is 1.17. The quantitative estimate of drug-likeness (QED) is 0.774. The van der Waals surface area contributed by atoms with Gasteiger partial charge in [-0.1, -0.05) is 25.1 Å². The SMILES string of the molecule is CCCNC(=O)[C@H](C)NC(=O)c1cc(=O)[nH]c2ccccc12. The molecule has 0 radical (unpaired) electrons. The lowest BCUT2D eigenvalue weighted by Gasteiger charge is -2.14. The molecular weight excluding hydrogens is 282 g/mol. The first-order chi connectivity index (χ1) is 10.5. The van der Waals surface area contributed by atoms with Crippen molar-refractivity contribution in [2.75, 3.05) is 6.54 Å². The second-order valence-electron chi connectivity index (χ2n) is 5.08. The number of carbonyl (C=O) groups is 2. The van der Waals surface area contributed by atoms with Gasteiger partial charge in [-0.15, -0.1) is 0 Å². The summed E-state index contributed by atoms with van der Waals surface area (Å²) in [6.07, 6.45) is 0.825. The van der Waals surface area contributed by atoms with Crippen molar-refractivity contribution in [2.45, 2.75) is 26.3 Å². The van der Waals surface area contributed by atoms with Crippen molar-refractivity contribution in [3.8, 4) is 0 Å². The molecule has 0 unspecified atom stereocenters. The molecule has 116 valence electrons. The molecule has 1 aromatic heterocycles. The van der Waals surface area contributed by atoms with Crippen molar-refractivity contribution in [3.63, 3.8) is 0 Å². The van der Waals surface area contributed by atoms with Gasteiger partial charge in [-0.2, -0.15) is 0 Å². The van der Waals surface area contributed by atoms with E-state index in [9.17, 15) is 14.4 Å². The largest absolute Gasteiger partial charge is 0.354 e. The molecular formula is C16H19N3O3. The fraction of sp³-hybridized carbons (Fsp3) is 0.312. The number of hydrogen-bond acceptors (Lipinski definition) is 3. The highest BCUT2D eigenvalue weighted by Crippen LogP contribution is 2.14. The van der Waals surface area contributed by atoms with E-state index in [-0.39, 0.29) is 17.0 Å². The maximum atomic E-state index is 12.4. The molecule has 1 atom stereocenters. The van der Waals surface area contributed by atoms with E-state index in [2.05, 4.69) is 15.6 Å². The number of rotatable bonds is 5. The van der Waals surface area contributed by atoms with Gasteiger partial charge in [0.05, 0.1) is 5.56 Å². The molecule has 1 aromatic carbocycles. The number of aromatic amines is 1. The molecule has 3 N–H and O–H groups in total. The number of carbonyl (C=O) groups excluding carboxylic acids is 2. The predicted molar refractivity (Wildman–Crippen MR) is 84.8 cm³/mol. The van der Waals surface area contributed by atoms with Crippen LogP contribution in [0.5, 0.6) is 0 Å². The van der Waals surface area contributed by atoms with E-state index in [1.807, 2.05) is 6.92 Å². The first-order valence-corrected chi connectivity index (χ1v) is 7.23. The van der Waals surface area contributed by atoms with Crippen LogP contribution >= 0.6 is 0 Å². The van der Waals surface area contributed by atoms with Crippen LogP contribution in [0, 0.1) is 0 Å². The Balaban J connectivity index is 2.23. The lowest BCUT2D eigenvalue weighted by molar-refractivity contribution is -0.122. The second-order valence-corrected chi connectivity index (χ2v) is 5.08. The van der Waals surface area contributed by atoms with Crippen molar-refractivity contribution >= 4 is 22.7 Å². The summed E-state index contributed by atoms with van der Waals surface area (Å²) in [5, 5.41) is 5.98. The molecule has 1 heterocycles. The highest BCUT2D eigenvalue weighted by atomic mass is 16.2. The molecule has 0 aliphatic heterocycles. The van der Waals surface area contributed by atoms with Crippen LogP contribution in [0.3, 0.4) is 0 Å². The van der Waals surface area contributed by atoms with E-state index in [1.165, 1.54) is 6.07 Å². The third kappa shape index (κ3) is 3.52. The molecule has 2 rings (SSSR count). The Morgan fingerprint density at radius 2 is 2.00 bits per heavy atom. The molecule has 0 saturated heterocycles. The van der Waals surface area contributed by atoms with Gasteiger partial charge < -0.3 is 15.6 Å². The number of fused-ring (bicyclic) bond motifs is 1. The molecule has 0 aliphatic carbocycles. The van der Waals surface area contributed by atoms with E-state index in [4.69, 9.17) is 0 Å². The highest BCUT2D eigenvalue weighted by molar-refractivity contribution is 6.07. The summed E-state index contributed by atoms with van der Waals surface area (Å²) in [6.45, 7) is 4.12. The summed E-state index contributed by atoms with van der Waals surface area (Å²) < 4.78 is 0. The maximum Gasteiger partial charge on any atom is 0.252 e. The van der Waals surface area contributed by atoms with Crippen molar-refractivity contribution in [2.24, 2.45) is 0 Å². The minimum atomic E-state index is -0.669. The Labute approximate surface area is 127 Å². The molecule has 0 aliphatic rings. The Bertz CT molecular complexity index is 752. The fourth-order valence-electron chi connectivity index (χ4n) is 2.13. The van der Waals surface area contributed by atoms with Crippen molar-refractivity contribution < 1.29 is 9.59 Å². The van der Waals surface area contributed by atoms with Crippen LogP contribution in [0.1, 0.15) is 30.6 Å². The second kappa shape index (κ2) is 6.89. The first-order valence-electron chi connectivity index (χ1n) is 7.23. The van der Waals surface area contributed by atoms with Crippen LogP contribution < -0.4 is 16.2 Å². The molecule has 2 amide bonds. The summed E-state index contributed by atoms with van der Waals surface area (Å²) >= 11 is 0. The van der Waals surface area contributed by atoms with Crippen LogP contribution in [0.2, 0.25) is 0 Å². The Kier molecular flexibility index (Phi) is 4.93. The maximum absolute atomic E-state index is 12.4. The number of aromatic nitrogens is 1. The van der Waals surface area contributed by atoms with Crippen LogP contribution in [0.25, 0.3) is 10.9 Å². The van der Waals surface area contributed by atoms with E-state index < -0.39 is 11.9 Å². The summed E-state index contributed by atoms with van der Waals surface area (Å²) in [6, 6.07) is 7.62. The van der Waals surface area contributed by atoms with Crippen molar-refractivity contribution in [1.82, 2.24) is 15.6 Å². The number of para-hydroxylation sites is 1. The fourth-order valence-corrected chi connectivity index (χ4v) is 2.13. The van der Waals surface area contributed by atoms with E-state index in [1.54, 1.807) is 31.2 Å². The van der Waals surface area contributed by atoms with Gasteiger partial charge in [0.2, 0.25) is 11.5 Å². The number of amides is 2. The molecule has 0 saturated carbocycles. The summed E-state index contributed by atoms with van der Waals surface area (Å²) in [4.78, 5) is 38.5. The van der Waals surface area contributed by atoms with Gasteiger partial charge in [-0.3, -0.25) is 14.4 Å². The lowest BCUT2D eigenvalue weighted by atomic mass is 10.1. The van der Waals surface area contributed by atoms with Crippen LogP contribution in [-0.4, -0.2) is 29.4 Å². The topological polar surface area (TPSA) is 91.1 Å². The zero-order valence-electron chi connectivity index (χ0n) is 12.6. The standard InChI is InChI=1S/C16H19N3O3/c1-3-8-17-15(21)10(2)18-16(22)12-9-14(20)19-13-7-5-4-6-11(12)13/h4-7,9-10H,3,8H2,1-2H3,(H,17,21)(H,18,22)(H,19,20)/t10-/m0/s1. The summed E-state index contributed by atoms with van der Waals surface area (Å²) in [5.41, 5.74) is 0.490. The number of hydrogen-bond donors (Lipinski definition) is 3. The third-order valence-electron chi connectivity index (χ3n) is 3.29. The van der Waals surface area contributed by atoms with E-state index in [0.29, 0.717) is 17.4 Å². The van der Waals surface area contributed by atoms with Gasteiger partial charge in [0, 0.05) is 23.5 Å². The van der Waals surface area contributed by atoms with Gasteiger partial charge in [0.15, 0.2) is 0 Å². The van der Waals surface area contributed by atoms with Gasteiger partial charge >= 0.3 is 0 Å². The molecule has 2 aromatic rings. The van der Waals surface area contributed by atoms with Gasteiger partial charge in [0.1, 0.15) is 6.04 Å². The zero-order valence-corrected chi connectivity index (χ0v) is 12.6. The van der Waals surface area contributed by atoms with Crippen molar-refractivity contribution in [3.05, 3.63) is 46.2 Å². The lowest BCUT2D eigenvalue weighted by Crippen LogP contribution is -2.45. The van der Waals surface area contributed by atoms with Gasteiger partial charge in [0.25, 0.3) is 5.91 Å². The van der Waals surface area contributed by atoms with Crippen LogP contribution in [0.15, 0.2) is 35.1 Å². The minimum Gasteiger partial charge on any atom is -0.354 e. The van der Waals surface area contributed by atoms with E-state index in [0.717, 1.165) is 6.42 Å². The number of nitrogens with one attached hydrogen (secondary N) is 3. The van der Waals surface area contributed by atoms with Crippen LogP contribution in [0.4, 0.5) is 0 Å². The zero-order chi connectivity index (χ0) is 16.1. The summed E-state index contributed by atoms with van der Waals surface area (Å²) in [5.74, 6) is -0.689. The van der Waals surface area contributed by atoms with E-state index >= 15 is 0 Å². The van der Waals surface area contributed by atoms with Crippen molar-refractivity contribution in [1.29, 1.82) is 0 Å². The van der Waals surface area contributed by atoms with Gasteiger partial charge in [-0.05, 0) is 19.4 Å². The average molecular weight is 301 g/mol. The van der Waals surface area contributed by atoms with Gasteiger partial charge in [-0.25, -0.2) is 0 Å². The molecule has 0 spiro atoms. The number of pyridine rings is 1. The van der Waals surface area contributed by atoms with Crippen LogP contribution in [-0.2, 0) is 4.79 Å². The highest BCUT2D eigenvalue weighted by Gasteiger charge is 2.18. The molecule has 6 heteroatoms. The smallest absolute Gasteiger partial charge is 0.252 e. The summed E-state index contributed by atoms with van der Waals surface area (Å²) in [7, 11) is 0. The molecule has 6 nitrogen and oxygen atoms in total. The Hall–Kier alpha value is -2.63. The molecule has 0 fully saturated rings. The monoisotopic (exact) mass is 301 g/mol. The first kappa shape index (κ1) is 15.8. The Morgan fingerprint density at radius 1 is 1.27 bits per heavy atom. The average Bonchev–Trinajstić information content (AvgIpc) is 2.51. The number of H-pyrrole nitrogens is 1. The normalized spacial score (nSPS) is 11.9.